The largest absolute Gasteiger partial charge is 0.479 e. The van der Waals surface area contributed by atoms with Crippen molar-refractivity contribution < 1.29 is 14.7 Å². The minimum absolute atomic E-state index is 0.122. The van der Waals surface area contributed by atoms with Crippen molar-refractivity contribution in [2.75, 3.05) is 0 Å². The first-order valence-electron chi connectivity index (χ1n) is 7.25. The molecular weight excluding hydrogens is 268 g/mol. The van der Waals surface area contributed by atoms with E-state index in [9.17, 15) is 14.7 Å². The maximum absolute atomic E-state index is 12.1. The van der Waals surface area contributed by atoms with Gasteiger partial charge in [-0.05, 0) is 25.3 Å². The van der Waals surface area contributed by atoms with Gasteiger partial charge >= 0.3 is 5.97 Å². The van der Waals surface area contributed by atoms with Crippen LogP contribution in [0.3, 0.4) is 0 Å². The summed E-state index contributed by atoms with van der Waals surface area (Å²) in [6, 6.07) is 7.82. The molecule has 1 aromatic rings. The van der Waals surface area contributed by atoms with E-state index in [1.165, 1.54) is 0 Å². The van der Waals surface area contributed by atoms with E-state index < -0.39 is 12.0 Å². The van der Waals surface area contributed by atoms with Gasteiger partial charge in [0.15, 0.2) is 6.04 Å². The molecule has 0 radical (unpaired) electrons. The highest BCUT2D eigenvalue weighted by molar-refractivity contribution is 5.85. The minimum Gasteiger partial charge on any atom is -0.479 e. The molecule has 5 heteroatoms. The van der Waals surface area contributed by atoms with Gasteiger partial charge in [0, 0.05) is 12.0 Å². The van der Waals surface area contributed by atoms with Crippen molar-refractivity contribution in [1.82, 2.24) is 5.32 Å². The van der Waals surface area contributed by atoms with Crippen molar-refractivity contribution >= 4 is 11.9 Å². The van der Waals surface area contributed by atoms with E-state index in [-0.39, 0.29) is 17.9 Å². The van der Waals surface area contributed by atoms with Crippen LogP contribution in [0.4, 0.5) is 0 Å². The zero-order valence-corrected chi connectivity index (χ0v) is 12.6. The number of hydrogen-bond acceptors (Lipinski definition) is 3. The van der Waals surface area contributed by atoms with Gasteiger partial charge in [-0.2, -0.15) is 0 Å². The first kappa shape index (κ1) is 17.2. The Labute approximate surface area is 125 Å². The third-order valence-corrected chi connectivity index (χ3v) is 3.41. The van der Waals surface area contributed by atoms with Crippen LogP contribution in [0.5, 0.6) is 0 Å². The standard InChI is InChI=1S/C16H24N2O3/c1-11(7-6-8-12(2)17)15(19)18-14(16(20)21)13-9-4-3-5-10-13/h3-5,9-12,14H,6-8,17H2,1-2H3,(H,18,19)(H,20,21). The second-order valence-electron chi connectivity index (χ2n) is 5.50. The number of benzene rings is 1. The van der Waals surface area contributed by atoms with Crippen LogP contribution in [-0.4, -0.2) is 23.0 Å². The Bertz CT molecular complexity index is 460. The molecule has 0 saturated carbocycles. The monoisotopic (exact) mass is 292 g/mol. The van der Waals surface area contributed by atoms with Crippen molar-refractivity contribution in [3.63, 3.8) is 0 Å². The maximum atomic E-state index is 12.1. The van der Waals surface area contributed by atoms with E-state index in [4.69, 9.17) is 5.73 Å². The highest BCUT2D eigenvalue weighted by Crippen LogP contribution is 2.15. The van der Waals surface area contributed by atoms with Crippen molar-refractivity contribution in [3.05, 3.63) is 35.9 Å². The molecule has 21 heavy (non-hydrogen) atoms. The average Bonchev–Trinajstić information content (AvgIpc) is 2.44. The quantitative estimate of drug-likeness (QED) is 0.684. The molecule has 3 atom stereocenters. The van der Waals surface area contributed by atoms with Crippen LogP contribution in [-0.2, 0) is 9.59 Å². The summed E-state index contributed by atoms with van der Waals surface area (Å²) >= 11 is 0. The van der Waals surface area contributed by atoms with Gasteiger partial charge in [0.05, 0.1) is 0 Å². The molecule has 0 spiro atoms. The number of nitrogens with two attached hydrogens (primary N) is 1. The molecule has 0 heterocycles. The number of aliphatic carboxylic acids is 1. The SMILES string of the molecule is CC(N)CCCC(C)C(=O)NC(C(=O)O)c1ccccc1. The summed E-state index contributed by atoms with van der Waals surface area (Å²) in [6.07, 6.45) is 2.42. The van der Waals surface area contributed by atoms with Crippen LogP contribution >= 0.6 is 0 Å². The van der Waals surface area contributed by atoms with Crippen molar-refractivity contribution in [2.45, 2.75) is 45.2 Å². The Morgan fingerprint density at radius 1 is 1.19 bits per heavy atom. The van der Waals surface area contributed by atoms with Gasteiger partial charge in [-0.25, -0.2) is 4.79 Å². The van der Waals surface area contributed by atoms with E-state index in [2.05, 4.69) is 5.32 Å². The van der Waals surface area contributed by atoms with Crippen LogP contribution in [0.25, 0.3) is 0 Å². The van der Waals surface area contributed by atoms with Crippen LogP contribution in [0.15, 0.2) is 30.3 Å². The third-order valence-electron chi connectivity index (χ3n) is 3.41. The highest BCUT2D eigenvalue weighted by Gasteiger charge is 2.24. The van der Waals surface area contributed by atoms with Gasteiger partial charge < -0.3 is 16.2 Å². The highest BCUT2D eigenvalue weighted by atomic mass is 16.4. The fourth-order valence-electron chi connectivity index (χ4n) is 2.09. The predicted octanol–water partition coefficient (Wildman–Crippen LogP) is 2.08. The van der Waals surface area contributed by atoms with Crippen LogP contribution in [0.2, 0.25) is 0 Å². The summed E-state index contributed by atoms with van der Waals surface area (Å²) in [5, 5.41) is 11.9. The van der Waals surface area contributed by atoms with Gasteiger partial charge in [0.25, 0.3) is 0 Å². The fourth-order valence-corrected chi connectivity index (χ4v) is 2.09. The molecule has 0 fully saturated rings. The average molecular weight is 292 g/mol. The van der Waals surface area contributed by atoms with Gasteiger partial charge in [0.1, 0.15) is 0 Å². The molecule has 3 unspecified atom stereocenters. The lowest BCUT2D eigenvalue weighted by Crippen LogP contribution is -2.37. The van der Waals surface area contributed by atoms with Crippen molar-refractivity contribution in [2.24, 2.45) is 11.7 Å². The zero-order chi connectivity index (χ0) is 15.8. The summed E-state index contributed by atoms with van der Waals surface area (Å²) in [5.74, 6) is -1.53. The molecule has 116 valence electrons. The molecule has 0 aliphatic rings. The molecular formula is C16H24N2O3. The number of amides is 1. The Hall–Kier alpha value is -1.88. The number of carbonyl (C=O) groups is 2. The number of carbonyl (C=O) groups excluding carboxylic acids is 1. The molecule has 0 saturated heterocycles. The molecule has 4 N–H and O–H groups in total. The molecule has 1 amide bonds. The summed E-state index contributed by atoms with van der Waals surface area (Å²) in [7, 11) is 0. The normalized spacial score (nSPS) is 15.0. The number of carboxylic acid groups (broad SMARTS) is 1. The Morgan fingerprint density at radius 2 is 1.81 bits per heavy atom. The summed E-state index contributed by atoms with van der Waals surface area (Å²) in [5.41, 5.74) is 6.24. The molecule has 0 bridgehead atoms. The lowest BCUT2D eigenvalue weighted by molar-refractivity contribution is -0.142. The predicted molar refractivity (Wildman–Crippen MR) is 81.6 cm³/mol. The van der Waals surface area contributed by atoms with E-state index in [1.54, 1.807) is 37.3 Å². The lowest BCUT2D eigenvalue weighted by Gasteiger charge is -2.18. The van der Waals surface area contributed by atoms with Crippen molar-refractivity contribution in [3.8, 4) is 0 Å². The lowest BCUT2D eigenvalue weighted by atomic mass is 10.00. The molecule has 0 aromatic heterocycles. The van der Waals surface area contributed by atoms with Gasteiger partial charge in [0.2, 0.25) is 5.91 Å². The van der Waals surface area contributed by atoms with Crippen LogP contribution < -0.4 is 11.1 Å². The van der Waals surface area contributed by atoms with E-state index in [0.717, 1.165) is 12.8 Å². The Morgan fingerprint density at radius 3 is 2.33 bits per heavy atom. The first-order valence-corrected chi connectivity index (χ1v) is 7.25. The smallest absolute Gasteiger partial charge is 0.330 e. The zero-order valence-electron chi connectivity index (χ0n) is 12.6. The first-order chi connectivity index (χ1) is 9.91. The van der Waals surface area contributed by atoms with Gasteiger partial charge in [-0.15, -0.1) is 0 Å². The number of carboxylic acids is 1. The molecule has 1 aromatic carbocycles. The molecule has 1 rings (SSSR count). The van der Waals surface area contributed by atoms with Crippen LogP contribution in [0, 0.1) is 5.92 Å². The second kappa shape index (κ2) is 8.42. The topological polar surface area (TPSA) is 92.4 Å². The molecule has 0 aliphatic carbocycles. The van der Waals surface area contributed by atoms with Gasteiger partial charge in [-0.3, -0.25) is 4.79 Å². The maximum Gasteiger partial charge on any atom is 0.330 e. The van der Waals surface area contributed by atoms with E-state index in [0.29, 0.717) is 12.0 Å². The fraction of sp³-hybridized carbons (Fsp3) is 0.500. The number of hydrogen-bond donors (Lipinski definition) is 3. The molecule has 5 nitrogen and oxygen atoms in total. The Balaban J connectivity index is 2.59. The number of nitrogens with one attached hydrogen (secondary N) is 1. The Kier molecular flexibility index (Phi) is 6.88. The van der Waals surface area contributed by atoms with Crippen molar-refractivity contribution in [1.29, 1.82) is 0 Å². The van der Waals surface area contributed by atoms with E-state index in [1.807, 2.05) is 6.92 Å². The minimum atomic E-state index is -1.06. The molecule has 0 aliphatic heterocycles. The summed E-state index contributed by atoms with van der Waals surface area (Å²) in [6.45, 7) is 3.74. The second-order valence-corrected chi connectivity index (χ2v) is 5.50. The van der Waals surface area contributed by atoms with Crippen LogP contribution in [0.1, 0.15) is 44.7 Å². The number of rotatable bonds is 8. The summed E-state index contributed by atoms with van der Waals surface area (Å²) in [4.78, 5) is 23.4. The third kappa shape index (κ3) is 5.95. The van der Waals surface area contributed by atoms with Gasteiger partial charge in [-0.1, -0.05) is 43.7 Å². The summed E-state index contributed by atoms with van der Waals surface area (Å²) < 4.78 is 0. The van der Waals surface area contributed by atoms with E-state index >= 15 is 0 Å².